The summed E-state index contributed by atoms with van der Waals surface area (Å²) >= 11 is 17.9. The third kappa shape index (κ3) is 3.22. The van der Waals surface area contributed by atoms with Crippen molar-refractivity contribution in [3.63, 3.8) is 0 Å². The van der Waals surface area contributed by atoms with Gasteiger partial charge in [-0.1, -0.05) is 48.7 Å². The van der Waals surface area contributed by atoms with Gasteiger partial charge in [0.15, 0.2) is 0 Å². The lowest BCUT2D eigenvalue weighted by atomic mass is 9.97. The SMILES string of the molecule is CC(C)c1cc(-c2cc(Cl)cc(Cl)c2)cc(Cl)c1F. The first-order chi connectivity index (χ1) is 8.88. The van der Waals surface area contributed by atoms with Crippen molar-refractivity contribution in [2.24, 2.45) is 0 Å². The zero-order valence-electron chi connectivity index (χ0n) is 10.5. The lowest BCUT2D eigenvalue weighted by Crippen LogP contribution is -1.95. The maximum Gasteiger partial charge on any atom is 0.145 e. The maximum atomic E-state index is 13.9. The molecule has 19 heavy (non-hydrogen) atoms. The molecule has 2 aromatic carbocycles. The fourth-order valence-electron chi connectivity index (χ4n) is 1.92. The molecule has 2 aromatic rings. The molecule has 0 fully saturated rings. The van der Waals surface area contributed by atoms with Crippen LogP contribution in [-0.4, -0.2) is 0 Å². The minimum atomic E-state index is -0.367. The van der Waals surface area contributed by atoms with Crippen molar-refractivity contribution in [3.05, 3.63) is 56.8 Å². The second-order valence-corrected chi connectivity index (χ2v) is 5.95. The highest BCUT2D eigenvalue weighted by molar-refractivity contribution is 6.35. The molecule has 0 bridgehead atoms. The molecule has 0 radical (unpaired) electrons. The Morgan fingerprint density at radius 2 is 1.37 bits per heavy atom. The molecule has 100 valence electrons. The zero-order chi connectivity index (χ0) is 14.2. The number of hydrogen-bond donors (Lipinski definition) is 0. The van der Waals surface area contributed by atoms with Gasteiger partial charge >= 0.3 is 0 Å². The molecule has 0 amide bonds. The van der Waals surface area contributed by atoms with Crippen LogP contribution in [0.1, 0.15) is 25.3 Å². The Kier molecular flexibility index (Phi) is 4.39. The van der Waals surface area contributed by atoms with E-state index in [-0.39, 0.29) is 16.8 Å². The summed E-state index contributed by atoms with van der Waals surface area (Å²) in [6, 6.07) is 8.59. The van der Waals surface area contributed by atoms with E-state index in [4.69, 9.17) is 34.8 Å². The zero-order valence-corrected chi connectivity index (χ0v) is 12.7. The molecular formula is C15H12Cl3F. The van der Waals surface area contributed by atoms with Crippen LogP contribution in [0.2, 0.25) is 15.1 Å². The summed E-state index contributed by atoms with van der Waals surface area (Å²) < 4.78 is 13.9. The Balaban J connectivity index is 2.62. The van der Waals surface area contributed by atoms with E-state index < -0.39 is 0 Å². The van der Waals surface area contributed by atoms with Crippen LogP contribution in [0, 0.1) is 5.82 Å². The molecule has 0 saturated heterocycles. The van der Waals surface area contributed by atoms with Crippen LogP contribution in [0.15, 0.2) is 30.3 Å². The van der Waals surface area contributed by atoms with Crippen LogP contribution in [0.5, 0.6) is 0 Å². The van der Waals surface area contributed by atoms with Gasteiger partial charge in [0.2, 0.25) is 0 Å². The van der Waals surface area contributed by atoms with E-state index in [0.717, 1.165) is 11.1 Å². The second-order valence-electron chi connectivity index (χ2n) is 4.67. The summed E-state index contributed by atoms with van der Waals surface area (Å²) in [4.78, 5) is 0. The van der Waals surface area contributed by atoms with Crippen molar-refractivity contribution >= 4 is 34.8 Å². The lowest BCUT2D eigenvalue weighted by Gasteiger charge is -2.12. The van der Waals surface area contributed by atoms with E-state index >= 15 is 0 Å². The van der Waals surface area contributed by atoms with Gasteiger partial charge in [-0.3, -0.25) is 0 Å². The van der Waals surface area contributed by atoms with E-state index in [1.165, 1.54) is 0 Å². The Hall–Kier alpha value is -0.760. The summed E-state index contributed by atoms with van der Waals surface area (Å²) in [5.41, 5.74) is 2.21. The van der Waals surface area contributed by atoms with Gasteiger partial charge in [-0.25, -0.2) is 4.39 Å². The average molecular weight is 318 g/mol. The molecule has 0 aliphatic heterocycles. The highest BCUT2D eigenvalue weighted by Crippen LogP contribution is 2.33. The number of hydrogen-bond acceptors (Lipinski definition) is 0. The molecule has 0 atom stereocenters. The predicted molar refractivity (Wildman–Crippen MR) is 81.0 cm³/mol. The minimum absolute atomic E-state index is 0.0482. The van der Waals surface area contributed by atoms with Gasteiger partial charge < -0.3 is 0 Å². The Morgan fingerprint density at radius 1 is 0.842 bits per heavy atom. The molecular weight excluding hydrogens is 306 g/mol. The number of benzene rings is 2. The first-order valence-corrected chi connectivity index (χ1v) is 6.97. The summed E-state index contributed by atoms with van der Waals surface area (Å²) in [6.07, 6.45) is 0. The largest absolute Gasteiger partial charge is 0.205 e. The first-order valence-electron chi connectivity index (χ1n) is 5.84. The highest BCUT2D eigenvalue weighted by Gasteiger charge is 2.13. The van der Waals surface area contributed by atoms with E-state index in [2.05, 4.69) is 0 Å². The summed E-state index contributed by atoms with van der Waals surface area (Å²) in [5.74, 6) is -0.319. The summed E-state index contributed by atoms with van der Waals surface area (Å²) in [7, 11) is 0. The van der Waals surface area contributed by atoms with Gasteiger partial charge in [0.25, 0.3) is 0 Å². The van der Waals surface area contributed by atoms with Crippen LogP contribution in [-0.2, 0) is 0 Å². The third-order valence-electron chi connectivity index (χ3n) is 2.87. The van der Waals surface area contributed by atoms with Crippen LogP contribution in [0.25, 0.3) is 11.1 Å². The normalized spacial score (nSPS) is 11.1. The Bertz CT molecular complexity index is 601. The third-order valence-corrected chi connectivity index (χ3v) is 3.59. The smallest absolute Gasteiger partial charge is 0.145 e. The van der Waals surface area contributed by atoms with Gasteiger partial charge in [0, 0.05) is 10.0 Å². The quantitative estimate of drug-likeness (QED) is 0.587. The molecule has 0 heterocycles. The Morgan fingerprint density at radius 3 is 1.89 bits per heavy atom. The summed E-state index contributed by atoms with van der Waals surface area (Å²) in [5, 5.41) is 1.18. The topological polar surface area (TPSA) is 0 Å². The van der Waals surface area contributed by atoms with Gasteiger partial charge in [-0.2, -0.15) is 0 Å². The van der Waals surface area contributed by atoms with E-state index in [1.54, 1.807) is 30.3 Å². The molecule has 0 unspecified atom stereocenters. The van der Waals surface area contributed by atoms with Gasteiger partial charge in [-0.15, -0.1) is 0 Å². The van der Waals surface area contributed by atoms with Crippen LogP contribution in [0.4, 0.5) is 4.39 Å². The monoisotopic (exact) mass is 316 g/mol. The first kappa shape index (κ1) is 14.6. The van der Waals surface area contributed by atoms with Gasteiger partial charge in [0.1, 0.15) is 5.82 Å². The lowest BCUT2D eigenvalue weighted by molar-refractivity contribution is 0.599. The second kappa shape index (κ2) is 5.70. The van der Waals surface area contributed by atoms with Crippen molar-refractivity contribution in [1.82, 2.24) is 0 Å². The Labute approximate surface area is 127 Å². The standard InChI is InChI=1S/C15H12Cl3F/c1-8(2)13-5-10(6-14(18)15(13)19)9-3-11(16)7-12(17)4-9/h3-8H,1-2H3. The fourth-order valence-corrected chi connectivity index (χ4v) is 2.67. The molecule has 0 N–H and O–H groups in total. The minimum Gasteiger partial charge on any atom is -0.205 e. The molecule has 4 heteroatoms. The maximum absolute atomic E-state index is 13.9. The molecule has 0 aliphatic rings. The van der Waals surface area contributed by atoms with Crippen molar-refractivity contribution < 1.29 is 4.39 Å². The highest BCUT2D eigenvalue weighted by atomic mass is 35.5. The van der Waals surface area contributed by atoms with Crippen molar-refractivity contribution in [1.29, 1.82) is 0 Å². The van der Waals surface area contributed by atoms with Crippen molar-refractivity contribution in [3.8, 4) is 11.1 Å². The van der Waals surface area contributed by atoms with Crippen molar-refractivity contribution in [2.45, 2.75) is 19.8 Å². The van der Waals surface area contributed by atoms with E-state index in [1.807, 2.05) is 13.8 Å². The molecule has 0 aromatic heterocycles. The molecule has 2 rings (SSSR count). The molecule has 0 aliphatic carbocycles. The number of rotatable bonds is 2. The molecule has 0 nitrogen and oxygen atoms in total. The van der Waals surface area contributed by atoms with Gasteiger partial charge in [-0.05, 0) is 52.9 Å². The number of halogens is 4. The fraction of sp³-hybridized carbons (Fsp3) is 0.200. The average Bonchev–Trinajstić information content (AvgIpc) is 2.30. The molecule has 0 saturated carbocycles. The van der Waals surface area contributed by atoms with Crippen molar-refractivity contribution in [2.75, 3.05) is 0 Å². The molecule has 0 spiro atoms. The van der Waals surface area contributed by atoms with E-state index in [0.29, 0.717) is 15.6 Å². The van der Waals surface area contributed by atoms with E-state index in [9.17, 15) is 4.39 Å². The van der Waals surface area contributed by atoms with Crippen LogP contribution in [0.3, 0.4) is 0 Å². The van der Waals surface area contributed by atoms with Crippen LogP contribution < -0.4 is 0 Å². The van der Waals surface area contributed by atoms with Crippen LogP contribution >= 0.6 is 34.8 Å². The predicted octanol–water partition coefficient (Wildman–Crippen LogP) is 6.58. The summed E-state index contributed by atoms with van der Waals surface area (Å²) in [6.45, 7) is 3.84. The van der Waals surface area contributed by atoms with Gasteiger partial charge in [0.05, 0.1) is 5.02 Å².